The van der Waals surface area contributed by atoms with Crippen molar-refractivity contribution in [2.75, 3.05) is 0 Å². The lowest BCUT2D eigenvalue weighted by Gasteiger charge is -2.25. The Labute approximate surface area is 112 Å². The summed E-state index contributed by atoms with van der Waals surface area (Å²) in [6, 6.07) is 15.5. The first kappa shape index (κ1) is 12.4. The first-order valence-corrected chi connectivity index (χ1v) is 6.41. The molecule has 3 rings (SSSR count). The van der Waals surface area contributed by atoms with Gasteiger partial charge in [0.05, 0.1) is 0 Å². The highest BCUT2D eigenvalue weighted by Gasteiger charge is 2.41. The van der Waals surface area contributed by atoms with E-state index in [0.717, 1.165) is 22.3 Å². The predicted molar refractivity (Wildman–Crippen MR) is 74.5 cm³/mol. The number of hydrogen-bond acceptors (Lipinski definition) is 3. The van der Waals surface area contributed by atoms with Crippen molar-refractivity contribution in [3.8, 4) is 11.1 Å². The summed E-state index contributed by atoms with van der Waals surface area (Å²) >= 11 is 0. The van der Waals surface area contributed by atoms with Gasteiger partial charge < -0.3 is 15.2 Å². The third kappa shape index (κ3) is 1.89. The highest BCUT2D eigenvalue weighted by atomic mass is 16.4. The van der Waals surface area contributed by atoms with E-state index < -0.39 is 12.7 Å². The maximum absolute atomic E-state index is 11.0. The summed E-state index contributed by atoms with van der Waals surface area (Å²) in [5.41, 5.74) is 2.60. The molecule has 0 spiro atoms. The largest absolute Gasteiger partial charge is 0.451 e. The number of aliphatic hydroxyl groups is 1. The minimum Gasteiger partial charge on any atom is -0.427 e. The van der Waals surface area contributed by atoms with Gasteiger partial charge in [0.15, 0.2) is 0 Å². The molecule has 0 aromatic heterocycles. The van der Waals surface area contributed by atoms with Crippen LogP contribution in [0.5, 0.6) is 0 Å². The predicted octanol–water partition coefficient (Wildman–Crippen LogP) is 1.77. The first-order chi connectivity index (χ1) is 9.13. The van der Waals surface area contributed by atoms with Crippen LogP contribution in [0.4, 0.5) is 0 Å². The second-order valence-corrected chi connectivity index (χ2v) is 4.97. The Balaban J connectivity index is 2.14. The van der Waals surface area contributed by atoms with Crippen molar-refractivity contribution >= 4 is 7.12 Å². The number of hydrogen-bond donors (Lipinski definition) is 3. The molecule has 0 fully saturated rings. The average Bonchev–Trinajstić information content (AvgIpc) is 2.69. The molecule has 1 aliphatic rings. The fourth-order valence-electron chi connectivity index (χ4n) is 2.91. The average molecular weight is 254 g/mol. The molecule has 3 N–H and O–H groups in total. The second kappa shape index (κ2) is 4.49. The molecule has 0 bridgehead atoms. The molecule has 2 aromatic carbocycles. The van der Waals surface area contributed by atoms with E-state index in [9.17, 15) is 5.11 Å². The molecular weight excluding hydrogens is 239 g/mol. The molecule has 3 nitrogen and oxygen atoms in total. The van der Waals surface area contributed by atoms with E-state index in [-0.39, 0.29) is 6.32 Å². The van der Waals surface area contributed by atoms with Gasteiger partial charge in [-0.05, 0) is 35.0 Å². The summed E-state index contributed by atoms with van der Waals surface area (Å²) in [6.07, 6.45) is 0.428. The van der Waals surface area contributed by atoms with Crippen molar-refractivity contribution in [3.63, 3.8) is 0 Å². The van der Waals surface area contributed by atoms with Crippen LogP contribution in [0.2, 0.25) is 6.32 Å². The Kier molecular flexibility index (Phi) is 2.94. The number of fused-ring (bicyclic) bond motifs is 3. The van der Waals surface area contributed by atoms with Crippen LogP contribution in [0.15, 0.2) is 48.5 Å². The van der Waals surface area contributed by atoms with E-state index in [1.165, 1.54) is 0 Å². The van der Waals surface area contributed by atoms with Gasteiger partial charge in [0, 0.05) is 0 Å². The van der Waals surface area contributed by atoms with Crippen molar-refractivity contribution in [1.29, 1.82) is 0 Å². The molecule has 0 heterocycles. The van der Waals surface area contributed by atoms with Gasteiger partial charge >= 0.3 is 7.12 Å². The van der Waals surface area contributed by atoms with Crippen LogP contribution in [0, 0.1) is 0 Å². The van der Waals surface area contributed by atoms with E-state index in [0.29, 0.717) is 6.42 Å². The third-order valence-corrected chi connectivity index (χ3v) is 3.80. The molecule has 0 amide bonds. The normalized spacial score (nSPS) is 14.9. The van der Waals surface area contributed by atoms with Crippen molar-refractivity contribution in [3.05, 3.63) is 59.7 Å². The van der Waals surface area contributed by atoms with Crippen LogP contribution in [0.1, 0.15) is 17.5 Å². The molecule has 0 unspecified atom stereocenters. The van der Waals surface area contributed by atoms with E-state index in [4.69, 9.17) is 10.0 Å². The zero-order valence-corrected chi connectivity index (χ0v) is 10.5. The van der Waals surface area contributed by atoms with Crippen LogP contribution < -0.4 is 0 Å². The van der Waals surface area contributed by atoms with Gasteiger partial charge in [0.25, 0.3) is 0 Å². The van der Waals surface area contributed by atoms with E-state index in [1.807, 2.05) is 48.5 Å². The SMILES string of the molecule is OB(O)CCC1(O)c2ccccc2-c2ccccc21. The molecule has 96 valence electrons. The fraction of sp³-hybridized carbons (Fsp3) is 0.200. The topological polar surface area (TPSA) is 60.7 Å². The van der Waals surface area contributed by atoms with Crippen LogP contribution in [0.25, 0.3) is 11.1 Å². The van der Waals surface area contributed by atoms with Gasteiger partial charge in [-0.3, -0.25) is 0 Å². The van der Waals surface area contributed by atoms with E-state index >= 15 is 0 Å². The molecule has 0 saturated heterocycles. The van der Waals surface area contributed by atoms with Crippen LogP contribution >= 0.6 is 0 Å². The second-order valence-electron chi connectivity index (χ2n) is 4.97. The van der Waals surface area contributed by atoms with Gasteiger partial charge in [0.2, 0.25) is 0 Å². The molecule has 0 saturated carbocycles. The lowest BCUT2D eigenvalue weighted by molar-refractivity contribution is 0.0794. The summed E-state index contributed by atoms with van der Waals surface area (Å²) in [5, 5.41) is 29.2. The van der Waals surface area contributed by atoms with E-state index in [2.05, 4.69) is 0 Å². The highest BCUT2D eigenvalue weighted by Crippen LogP contribution is 2.49. The summed E-state index contributed by atoms with van der Waals surface area (Å²) in [7, 11) is -1.40. The lowest BCUT2D eigenvalue weighted by Crippen LogP contribution is -2.27. The lowest BCUT2D eigenvalue weighted by atomic mass is 9.76. The van der Waals surface area contributed by atoms with Crippen molar-refractivity contribution in [1.82, 2.24) is 0 Å². The van der Waals surface area contributed by atoms with Gasteiger partial charge in [-0.2, -0.15) is 0 Å². The van der Waals surface area contributed by atoms with Crippen LogP contribution in [-0.4, -0.2) is 22.3 Å². The van der Waals surface area contributed by atoms with Gasteiger partial charge in [0.1, 0.15) is 5.60 Å². The quantitative estimate of drug-likeness (QED) is 0.731. The monoisotopic (exact) mass is 254 g/mol. The first-order valence-electron chi connectivity index (χ1n) is 6.41. The minimum atomic E-state index is -1.40. The number of benzene rings is 2. The Hall–Kier alpha value is -1.62. The maximum Gasteiger partial charge on any atom is 0.451 e. The molecule has 4 heteroatoms. The summed E-state index contributed by atoms with van der Waals surface area (Å²) in [6.45, 7) is 0. The molecule has 0 aliphatic heterocycles. The minimum absolute atomic E-state index is 0.138. The standard InChI is InChI=1S/C15H15BO3/c17-15(9-10-16(18)19)13-7-3-1-5-11(13)12-6-2-4-8-14(12)15/h1-8,17-19H,9-10H2. The fourth-order valence-corrected chi connectivity index (χ4v) is 2.91. The van der Waals surface area contributed by atoms with Gasteiger partial charge in [-0.15, -0.1) is 0 Å². The zero-order valence-electron chi connectivity index (χ0n) is 10.5. The molecule has 0 radical (unpaired) electrons. The molecule has 0 atom stereocenters. The Morgan fingerprint density at radius 2 is 1.32 bits per heavy atom. The van der Waals surface area contributed by atoms with Crippen molar-refractivity contribution in [2.24, 2.45) is 0 Å². The van der Waals surface area contributed by atoms with Gasteiger partial charge in [-0.25, -0.2) is 0 Å². The summed E-state index contributed by atoms with van der Waals surface area (Å²) < 4.78 is 0. The highest BCUT2D eigenvalue weighted by molar-refractivity contribution is 6.40. The third-order valence-electron chi connectivity index (χ3n) is 3.80. The van der Waals surface area contributed by atoms with Gasteiger partial charge in [-0.1, -0.05) is 48.5 Å². The van der Waals surface area contributed by atoms with Crippen LogP contribution in [-0.2, 0) is 5.60 Å². The van der Waals surface area contributed by atoms with E-state index in [1.54, 1.807) is 0 Å². The molecule has 19 heavy (non-hydrogen) atoms. The Morgan fingerprint density at radius 1 is 0.842 bits per heavy atom. The van der Waals surface area contributed by atoms with Crippen LogP contribution in [0.3, 0.4) is 0 Å². The number of rotatable bonds is 3. The molecular formula is C15H15BO3. The maximum atomic E-state index is 11.0. The zero-order chi connectivity index (χ0) is 13.5. The Morgan fingerprint density at radius 3 is 1.79 bits per heavy atom. The summed E-state index contributed by atoms with van der Waals surface area (Å²) in [5.74, 6) is 0. The van der Waals surface area contributed by atoms with Crippen molar-refractivity contribution < 1.29 is 15.2 Å². The van der Waals surface area contributed by atoms with Crippen molar-refractivity contribution in [2.45, 2.75) is 18.3 Å². The smallest absolute Gasteiger partial charge is 0.427 e. The molecule has 2 aromatic rings. The molecule has 1 aliphatic carbocycles. The summed E-state index contributed by atoms with van der Waals surface area (Å²) in [4.78, 5) is 0. The Bertz CT molecular complexity index is 564.